The molecule has 9 heteroatoms. The molecule has 0 aliphatic rings. The molecule has 0 saturated heterocycles. The molecule has 0 radical (unpaired) electrons. The minimum Gasteiger partial charge on any atom is -0.451 e. The molecule has 0 aromatic heterocycles. The van der Waals surface area contributed by atoms with Gasteiger partial charge < -0.3 is 14.4 Å². The average molecular weight is 396 g/mol. The molecule has 0 bridgehead atoms. The maximum absolute atomic E-state index is 12.7. The van der Waals surface area contributed by atoms with Gasteiger partial charge in [0, 0.05) is 5.56 Å². The molecule has 0 atom stereocenters. The number of hydrogen-bond donors (Lipinski definition) is 1. The first-order chi connectivity index (χ1) is 13.2. The van der Waals surface area contributed by atoms with E-state index < -0.39 is 17.8 Å². The third kappa shape index (κ3) is 5.90. The molecule has 0 saturated carbocycles. The Kier molecular flexibility index (Phi) is 6.86. The predicted molar refractivity (Wildman–Crippen MR) is 95.8 cm³/mol. The number of nitrogens with one attached hydrogen (secondary N) is 1. The van der Waals surface area contributed by atoms with Crippen LogP contribution in [0.3, 0.4) is 0 Å². The van der Waals surface area contributed by atoms with Crippen molar-refractivity contribution in [1.29, 1.82) is 0 Å². The first-order valence-electron chi connectivity index (χ1n) is 8.15. The van der Waals surface area contributed by atoms with E-state index in [0.29, 0.717) is 22.6 Å². The van der Waals surface area contributed by atoms with E-state index in [-0.39, 0.29) is 6.61 Å². The van der Waals surface area contributed by atoms with Gasteiger partial charge >= 0.3 is 12.3 Å². The number of amides is 1. The number of carbonyl (C=O) groups excluding carboxylic acids is 1. The van der Waals surface area contributed by atoms with E-state index in [0.717, 1.165) is 17.7 Å². The fraction of sp³-hybridized carbons (Fsp3) is 0.263. The number of aryl methyl sites for hydroxylation is 1. The number of ether oxygens (including phenoxy) is 1. The molecule has 1 N–H and O–H groups in total. The molecule has 28 heavy (non-hydrogen) atoms. The number of oxime groups is 1. The number of nitrogens with zero attached hydrogens (tertiary/aromatic N) is 1. The molecule has 0 fully saturated rings. The van der Waals surface area contributed by atoms with Crippen LogP contribution in [0.1, 0.15) is 29.2 Å². The van der Waals surface area contributed by atoms with Crippen LogP contribution in [0.25, 0.3) is 0 Å². The molecule has 2 aromatic carbocycles. The molecular formula is C19H19F3N2O4. The number of hydrogen-bond acceptors (Lipinski definition) is 5. The average Bonchev–Trinajstić information content (AvgIpc) is 2.66. The van der Waals surface area contributed by atoms with Crippen molar-refractivity contribution in [2.75, 3.05) is 7.11 Å². The number of methoxy groups -OCH3 is 1. The minimum absolute atomic E-state index is 0.111. The maximum atomic E-state index is 12.7. The molecule has 150 valence electrons. The number of benzene rings is 2. The number of rotatable bonds is 6. The van der Waals surface area contributed by atoms with E-state index >= 15 is 0 Å². The predicted octanol–water partition coefficient (Wildman–Crippen LogP) is 4.60. The summed E-state index contributed by atoms with van der Waals surface area (Å²) in [6.07, 6.45) is -5.16. The normalized spacial score (nSPS) is 11.7. The van der Waals surface area contributed by atoms with Gasteiger partial charge in [0.25, 0.3) is 0 Å². The monoisotopic (exact) mass is 396 g/mol. The van der Waals surface area contributed by atoms with Crippen molar-refractivity contribution in [1.82, 2.24) is 5.48 Å². The Hall–Kier alpha value is -3.23. The molecular weight excluding hydrogens is 377 g/mol. The van der Waals surface area contributed by atoms with Crippen LogP contribution in [0.5, 0.6) is 5.75 Å². The maximum Gasteiger partial charge on any atom is 0.440 e. The van der Waals surface area contributed by atoms with E-state index in [1.807, 2.05) is 0 Å². The highest BCUT2D eigenvalue weighted by molar-refractivity contribution is 5.98. The van der Waals surface area contributed by atoms with E-state index in [2.05, 4.69) is 15.4 Å². The lowest BCUT2D eigenvalue weighted by Crippen LogP contribution is -2.27. The Morgan fingerprint density at radius 3 is 2.61 bits per heavy atom. The van der Waals surface area contributed by atoms with Gasteiger partial charge in [-0.3, -0.25) is 0 Å². The van der Waals surface area contributed by atoms with Crippen molar-refractivity contribution >= 4 is 11.8 Å². The van der Waals surface area contributed by atoms with Crippen LogP contribution in [0.2, 0.25) is 0 Å². The largest absolute Gasteiger partial charge is 0.451 e. The summed E-state index contributed by atoms with van der Waals surface area (Å²) in [6, 6.07) is 10.0. The Balaban J connectivity index is 2.04. The standard InChI is InChI=1S/C19H19F3N2O4/c1-12-7-8-15(10-17(12)28-24-18(25)26-3)13(2)23-27-11-14-5-4-6-16(9-14)19(20,21)22/h4-10H,11H2,1-3H3,(H,24,25). The highest BCUT2D eigenvalue weighted by atomic mass is 19.4. The summed E-state index contributed by atoms with van der Waals surface area (Å²) in [5.41, 5.74) is 3.61. The van der Waals surface area contributed by atoms with Crippen molar-refractivity contribution < 1.29 is 32.4 Å². The lowest BCUT2D eigenvalue weighted by molar-refractivity contribution is -0.137. The van der Waals surface area contributed by atoms with Crippen LogP contribution < -0.4 is 10.3 Å². The number of alkyl halides is 3. The smallest absolute Gasteiger partial charge is 0.440 e. The highest BCUT2D eigenvalue weighted by Gasteiger charge is 2.30. The first kappa shape index (κ1) is 21.1. The van der Waals surface area contributed by atoms with Gasteiger partial charge in [0.05, 0.1) is 18.4 Å². The van der Waals surface area contributed by atoms with Crippen LogP contribution >= 0.6 is 0 Å². The molecule has 2 rings (SSSR count). The second kappa shape index (κ2) is 9.12. The van der Waals surface area contributed by atoms with Crippen LogP contribution in [0.15, 0.2) is 47.6 Å². The third-order valence-corrected chi connectivity index (χ3v) is 3.72. The van der Waals surface area contributed by atoms with E-state index in [1.54, 1.807) is 32.0 Å². The minimum atomic E-state index is -4.41. The summed E-state index contributed by atoms with van der Waals surface area (Å²) >= 11 is 0. The van der Waals surface area contributed by atoms with Crippen LogP contribution in [-0.4, -0.2) is 18.9 Å². The van der Waals surface area contributed by atoms with Gasteiger partial charge in [-0.05, 0) is 43.2 Å². The summed E-state index contributed by atoms with van der Waals surface area (Å²) in [4.78, 5) is 21.5. The van der Waals surface area contributed by atoms with Crippen molar-refractivity contribution in [3.63, 3.8) is 0 Å². The SMILES string of the molecule is COC(=O)NOc1cc(C(C)=NOCc2cccc(C(F)(F)F)c2)ccc1C. The first-order valence-corrected chi connectivity index (χ1v) is 8.15. The summed E-state index contributed by atoms with van der Waals surface area (Å²) in [7, 11) is 1.21. The fourth-order valence-corrected chi connectivity index (χ4v) is 2.17. The summed E-state index contributed by atoms with van der Waals surface area (Å²) in [5, 5.41) is 3.93. The van der Waals surface area contributed by atoms with E-state index in [4.69, 9.17) is 9.68 Å². The second-order valence-corrected chi connectivity index (χ2v) is 5.82. The number of halogens is 3. The van der Waals surface area contributed by atoms with Gasteiger partial charge in [-0.1, -0.05) is 29.4 Å². The molecule has 0 heterocycles. The van der Waals surface area contributed by atoms with Crippen molar-refractivity contribution in [2.24, 2.45) is 5.16 Å². The van der Waals surface area contributed by atoms with E-state index in [9.17, 15) is 18.0 Å². The summed E-state index contributed by atoms with van der Waals surface area (Å²) < 4.78 is 42.6. The third-order valence-electron chi connectivity index (χ3n) is 3.72. The van der Waals surface area contributed by atoms with Gasteiger partial charge in [0.1, 0.15) is 6.61 Å². The zero-order valence-electron chi connectivity index (χ0n) is 15.5. The zero-order valence-corrected chi connectivity index (χ0v) is 15.5. The summed E-state index contributed by atoms with van der Waals surface area (Å²) in [5.74, 6) is 0.385. The summed E-state index contributed by atoms with van der Waals surface area (Å²) in [6.45, 7) is 3.35. The molecule has 1 amide bonds. The molecule has 0 aliphatic carbocycles. The quantitative estimate of drug-likeness (QED) is 0.572. The molecule has 6 nitrogen and oxygen atoms in total. The van der Waals surface area contributed by atoms with Crippen LogP contribution in [-0.2, 0) is 22.4 Å². The lowest BCUT2D eigenvalue weighted by atomic mass is 10.1. The Bertz CT molecular complexity index is 866. The van der Waals surface area contributed by atoms with Crippen molar-refractivity contribution in [3.8, 4) is 5.75 Å². The highest BCUT2D eigenvalue weighted by Crippen LogP contribution is 2.29. The van der Waals surface area contributed by atoms with Gasteiger partial charge in [0.15, 0.2) is 5.75 Å². The van der Waals surface area contributed by atoms with Crippen LogP contribution in [0.4, 0.5) is 18.0 Å². The van der Waals surface area contributed by atoms with E-state index in [1.165, 1.54) is 19.2 Å². The van der Waals surface area contributed by atoms with Gasteiger partial charge in [0.2, 0.25) is 0 Å². The van der Waals surface area contributed by atoms with Crippen molar-refractivity contribution in [2.45, 2.75) is 26.6 Å². The Labute approximate surface area is 159 Å². The zero-order chi connectivity index (χ0) is 20.7. The number of hydroxylamine groups is 1. The molecule has 0 spiro atoms. The second-order valence-electron chi connectivity index (χ2n) is 5.82. The number of carbonyl (C=O) groups is 1. The van der Waals surface area contributed by atoms with Gasteiger partial charge in [-0.15, -0.1) is 0 Å². The van der Waals surface area contributed by atoms with Gasteiger partial charge in [-0.25, -0.2) is 4.79 Å². The topological polar surface area (TPSA) is 69.2 Å². The van der Waals surface area contributed by atoms with Crippen LogP contribution in [0, 0.1) is 6.92 Å². The lowest BCUT2D eigenvalue weighted by Gasteiger charge is -2.10. The Morgan fingerprint density at radius 1 is 1.18 bits per heavy atom. The molecule has 2 aromatic rings. The van der Waals surface area contributed by atoms with Gasteiger partial charge in [-0.2, -0.15) is 18.7 Å². The molecule has 0 aliphatic heterocycles. The fourth-order valence-electron chi connectivity index (χ4n) is 2.17. The van der Waals surface area contributed by atoms with Crippen molar-refractivity contribution in [3.05, 3.63) is 64.7 Å². The Morgan fingerprint density at radius 2 is 1.93 bits per heavy atom. The molecule has 0 unspecified atom stereocenters.